The Bertz CT molecular complexity index is 565. The van der Waals surface area contributed by atoms with Crippen LogP contribution in [-0.2, 0) is 30.2 Å². The van der Waals surface area contributed by atoms with Crippen molar-refractivity contribution in [2.45, 2.75) is 25.9 Å². The van der Waals surface area contributed by atoms with E-state index in [2.05, 4.69) is 4.98 Å². The number of esters is 3. The molecule has 0 aliphatic carbocycles. The Morgan fingerprint density at radius 1 is 1.29 bits per heavy atom. The number of carbonyl (C=O) groups excluding carboxylic acids is 3. The van der Waals surface area contributed by atoms with Gasteiger partial charge in [0.05, 0.1) is 13.2 Å². The first kappa shape index (κ1) is 15.0. The number of aromatic nitrogens is 1. The van der Waals surface area contributed by atoms with Crippen LogP contribution in [0.3, 0.4) is 0 Å². The molecule has 2 rings (SSSR count). The number of hydrogen-bond donors (Lipinski definition) is 0. The second kappa shape index (κ2) is 5.90. The summed E-state index contributed by atoms with van der Waals surface area (Å²) in [6.45, 7) is 3.29. The zero-order valence-electron chi connectivity index (χ0n) is 11.8. The summed E-state index contributed by atoms with van der Waals surface area (Å²) in [4.78, 5) is 40.3. The number of ether oxygens (including phenoxy) is 3. The molecule has 0 aromatic carbocycles. The molecule has 7 heteroatoms. The Labute approximate surface area is 121 Å². The van der Waals surface area contributed by atoms with Crippen LogP contribution in [0.15, 0.2) is 18.3 Å². The molecular formula is C14H15NO6. The van der Waals surface area contributed by atoms with Crippen molar-refractivity contribution in [2.75, 3.05) is 13.2 Å². The van der Waals surface area contributed by atoms with E-state index < -0.39 is 23.5 Å². The van der Waals surface area contributed by atoms with Crippen molar-refractivity contribution in [3.8, 4) is 0 Å². The SMILES string of the molecule is CCOC(=O)C1(C(=O)OCC)Cc2cccnc2C(=O)O1. The molecule has 21 heavy (non-hydrogen) atoms. The first-order valence-electron chi connectivity index (χ1n) is 6.56. The molecule has 1 aromatic heterocycles. The molecule has 0 radical (unpaired) electrons. The zero-order chi connectivity index (χ0) is 15.5. The third kappa shape index (κ3) is 2.58. The second-order valence-electron chi connectivity index (χ2n) is 4.35. The van der Waals surface area contributed by atoms with Crippen LogP contribution in [0.2, 0.25) is 0 Å². The van der Waals surface area contributed by atoms with Gasteiger partial charge >= 0.3 is 23.5 Å². The fourth-order valence-electron chi connectivity index (χ4n) is 2.08. The van der Waals surface area contributed by atoms with Gasteiger partial charge in [0.25, 0.3) is 0 Å². The van der Waals surface area contributed by atoms with Crippen molar-refractivity contribution in [1.29, 1.82) is 0 Å². The van der Waals surface area contributed by atoms with Gasteiger partial charge in [-0.15, -0.1) is 0 Å². The number of fused-ring (bicyclic) bond motifs is 1. The molecule has 112 valence electrons. The molecular weight excluding hydrogens is 278 g/mol. The van der Waals surface area contributed by atoms with Crippen molar-refractivity contribution < 1.29 is 28.6 Å². The van der Waals surface area contributed by atoms with Gasteiger partial charge < -0.3 is 14.2 Å². The van der Waals surface area contributed by atoms with E-state index in [-0.39, 0.29) is 25.3 Å². The third-order valence-electron chi connectivity index (χ3n) is 3.00. The van der Waals surface area contributed by atoms with Gasteiger partial charge in [-0.05, 0) is 25.5 Å². The fraction of sp³-hybridized carbons (Fsp3) is 0.429. The molecule has 7 nitrogen and oxygen atoms in total. The Morgan fingerprint density at radius 2 is 1.90 bits per heavy atom. The molecule has 0 saturated carbocycles. The normalized spacial score (nSPS) is 15.6. The molecule has 0 atom stereocenters. The van der Waals surface area contributed by atoms with Gasteiger partial charge in [-0.3, -0.25) is 0 Å². The van der Waals surface area contributed by atoms with E-state index in [0.29, 0.717) is 5.56 Å². The number of rotatable bonds is 4. The highest BCUT2D eigenvalue weighted by atomic mass is 16.6. The minimum Gasteiger partial charge on any atom is -0.463 e. The lowest BCUT2D eigenvalue weighted by Gasteiger charge is -2.32. The summed E-state index contributed by atoms with van der Waals surface area (Å²) in [5.41, 5.74) is -1.57. The lowest BCUT2D eigenvalue weighted by Crippen LogP contribution is -2.56. The highest BCUT2D eigenvalue weighted by Crippen LogP contribution is 2.29. The van der Waals surface area contributed by atoms with E-state index >= 15 is 0 Å². The van der Waals surface area contributed by atoms with E-state index in [1.54, 1.807) is 26.0 Å². The average Bonchev–Trinajstić information content (AvgIpc) is 2.47. The minimum atomic E-state index is -2.10. The van der Waals surface area contributed by atoms with Gasteiger partial charge in [-0.2, -0.15) is 0 Å². The predicted molar refractivity (Wildman–Crippen MR) is 69.4 cm³/mol. The molecule has 1 aromatic rings. The van der Waals surface area contributed by atoms with Gasteiger partial charge in [-0.1, -0.05) is 6.07 Å². The summed E-state index contributed by atoms with van der Waals surface area (Å²) in [6.07, 6.45) is 1.28. The molecule has 0 saturated heterocycles. The van der Waals surface area contributed by atoms with E-state index in [0.717, 1.165) is 0 Å². The van der Waals surface area contributed by atoms with Gasteiger partial charge in [0.1, 0.15) is 0 Å². The smallest absolute Gasteiger partial charge is 0.362 e. The van der Waals surface area contributed by atoms with Crippen molar-refractivity contribution >= 4 is 17.9 Å². The molecule has 0 bridgehead atoms. The van der Waals surface area contributed by atoms with Gasteiger partial charge in [0.15, 0.2) is 5.69 Å². The van der Waals surface area contributed by atoms with E-state index in [9.17, 15) is 14.4 Å². The maximum Gasteiger partial charge on any atom is 0.362 e. The number of cyclic esters (lactones) is 1. The van der Waals surface area contributed by atoms with Crippen LogP contribution < -0.4 is 0 Å². The monoisotopic (exact) mass is 293 g/mol. The Morgan fingerprint density at radius 3 is 2.48 bits per heavy atom. The van der Waals surface area contributed by atoms with Gasteiger partial charge in [0.2, 0.25) is 0 Å². The number of carbonyl (C=O) groups is 3. The molecule has 0 spiro atoms. The summed E-state index contributed by atoms with van der Waals surface area (Å²) in [6, 6.07) is 3.22. The predicted octanol–water partition coefficient (Wildman–Crippen LogP) is 0.659. The second-order valence-corrected chi connectivity index (χ2v) is 4.35. The van der Waals surface area contributed by atoms with Gasteiger partial charge in [0, 0.05) is 12.6 Å². The summed E-state index contributed by atoms with van der Waals surface area (Å²) in [7, 11) is 0. The highest BCUT2D eigenvalue weighted by molar-refractivity contribution is 6.08. The number of hydrogen-bond acceptors (Lipinski definition) is 7. The number of pyridine rings is 1. The van der Waals surface area contributed by atoms with Crippen molar-refractivity contribution in [1.82, 2.24) is 4.98 Å². The van der Waals surface area contributed by atoms with Crippen LogP contribution >= 0.6 is 0 Å². The topological polar surface area (TPSA) is 91.8 Å². The maximum atomic E-state index is 12.2. The lowest BCUT2D eigenvalue weighted by atomic mass is 9.90. The fourth-order valence-corrected chi connectivity index (χ4v) is 2.08. The Balaban J connectivity index is 2.46. The van der Waals surface area contributed by atoms with Crippen LogP contribution in [0.25, 0.3) is 0 Å². The quantitative estimate of drug-likeness (QED) is 0.457. The van der Waals surface area contributed by atoms with Crippen molar-refractivity contribution in [3.63, 3.8) is 0 Å². The molecule has 0 amide bonds. The summed E-state index contributed by atoms with van der Waals surface area (Å²) in [5, 5.41) is 0. The molecule has 1 aliphatic heterocycles. The molecule has 1 aliphatic rings. The summed E-state index contributed by atoms with van der Waals surface area (Å²) in [5.74, 6) is -2.73. The van der Waals surface area contributed by atoms with Crippen LogP contribution in [0.4, 0.5) is 0 Å². The van der Waals surface area contributed by atoms with Gasteiger partial charge in [-0.25, -0.2) is 19.4 Å². The molecule has 0 N–H and O–H groups in total. The molecule has 2 heterocycles. The minimum absolute atomic E-state index is 0.0530. The lowest BCUT2D eigenvalue weighted by molar-refractivity contribution is -0.184. The summed E-state index contributed by atoms with van der Waals surface area (Å²) < 4.78 is 14.8. The van der Waals surface area contributed by atoms with Crippen molar-refractivity contribution in [2.24, 2.45) is 0 Å². The largest absolute Gasteiger partial charge is 0.463 e. The summed E-state index contributed by atoms with van der Waals surface area (Å²) >= 11 is 0. The first-order valence-corrected chi connectivity index (χ1v) is 6.56. The highest BCUT2D eigenvalue weighted by Gasteiger charge is 2.56. The molecule has 0 fully saturated rings. The first-order chi connectivity index (χ1) is 10.0. The third-order valence-corrected chi connectivity index (χ3v) is 3.00. The van der Waals surface area contributed by atoms with E-state index in [1.807, 2.05) is 0 Å². The van der Waals surface area contributed by atoms with Crippen LogP contribution in [-0.4, -0.2) is 41.7 Å². The molecule has 0 unspecified atom stereocenters. The number of nitrogens with zero attached hydrogens (tertiary/aromatic N) is 1. The Kier molecular flexibility index (Phi) is 4.21. The van der Waals surface area contributed by atoms with E-state index in [1.165, 1.54) is 6.20 Å². The zero-order valence-corrected chi connectivity index (χ0v) is 11.8. The standard InChI is InChI=1S/C14H15NO6/c1-3-19-12(17)14(13(18)20-4-2)8-9-6-5-7-15-10(9)11(16)21-14/h5-7H,3-4,8H2,1-2H3. The Hall–Kier alpha value is -2.44. The van der Waals surface area contributed by atoms with Crippen LogP contribution in [0.1, 0.15) is 29.9 Å². The van der Waals surface area contributed by atoms with Crippen LogP contribution in [0.5, 0.6) is 0 Å². The van der Waals surface area contributed by atoms with Crippen molar-refractivity contribution in [3.05, 3.63) is 29.6 Å². The maximum absolute atomic E-state index is 12.2. The average molecular weight is 293 g/mol. The van der Waals surface area contributed by atoms with E-state index in [4.69, 9.17) is 14.2 Å². The van der Waals surface area contributed by atoms with Crippen LogP contribution in [0, 0.1) is 0 Å².